The third-order valence-corrected chi connectivity index (χ3v) is 6.25. The van der Waals surface area contributed by atoms with E-state index in [2.05, 4.69) is 4.90 Å². The van der Waals surface area contributed by atoms with E-state index in [1.165, 1.54) is 4.31 Å². The molecule has 26 heavy (non-hydrogen) atoms. The molecule has 1 aliphatic heterocycles. The van der Waals surface area contributed by atoms with Gasteiger partial charge >= 0.3 is 0 Å². The maximum atomic E-state index is 13.3. The molecule has 1 heterocycles. The molecule has 0 atom stereocenters. The number of rotatable bonds is 5. The van der Waals surface area contributed by atoms with Crippen LogP contribution in [-0.2, 0) is 16.6 Å². The van der Waals surface area contributed by atoms with Gasteiger partial charge in [0.05, 0.1) is 12.0 Å². The normalized spacial score (nSPS) is 16.6. The first-order valence-corrected chi connectivity index (χ1v) is 9.64. The number of hydrogen-bond acceptors (Lipinski definition) is 4. The summed E-state index contributed by atoms with van der Waals surface area (Å²) in [7, 11) is -2.29. The molecule has 0 unspecified atom stereocenters. The minimum absolute atomic E-state index is 0.274. The Labute approximate surface area is 151 Å². The van der Waals surface area contributed by atoms with Gasteiger partial charge < -0.3 is 4.74 Å². The van der Waals surface area contributed by atoms with Gasteiger partial charge in [0, 0.05) is 38.8 Å². The summed E-state index contributed by atoms with van der Waals surface area (Å²) < 4.78 is 58.3. The van der Waals surface area contributed by atoms with Gasteiger partial charge in [-0.05, 0) is 29.8 Å². The van der Waals surface area contributed by atoms with E-state index in [1.807, 2.05) is 24.3 Å². The van der Waals surface area contributed by atoms with Crippen LogP contribution in [0.25, 0.3) is 0 Å². The maximum Gasteiger partial charge on any atom is 0.243 e. The first-order chi connectivity index (χ1) is 12.4. The van der Waals surface area contributed by atoms with E-state index in [4.69, 9.17) is 4.74 Å². The highest BCUT2D eigenvalue weighted by atomic mass is 32.2. The Kier molecular flexibility index (Phi) is 5.55. The molecule has 5 nitrogen and oxygen atoms in total. The molecule has 2 aromatic carbocycles. The molecule has 0 bridgehead atoms. The van der Waals surface area contributed by atoms with Crippen LogP contribution in [0.1, 0.15) is 5.56 Å². The highest BCUT2D eigenvalue weighted by molar-refractivity contribution is 7.89. The van der Waals surface area contributed by atoms with E-state index in [0.29, 0.717) is 25.7 Å². The number of benzene rings is 2. The van der Waals surface area contributed by atoms with E-state index in [-0.39, 0.29) is 18.0 Å². The molecule has 2 aromatic rings. The van der Waals surface area contributed by atoms with Gasteiger partial charge in [-0.25, -0.2) is 17.2 Å². The molecule has 0 aliphatic carbocycles. The second kappa shape index (κ2) is 7.69. The van der Waals surface area contributed by atoms with Gasteiger partial charge in [-0.15, -0.1) is 0 Å². The molecule has 1 fully saturated rings. The van der Waals surface area contributed by atoms with Crippen LogP contribution < -0.4 is 4.74 Å². The predicted octanol–water partition coefficient (Wildman–Crippen LogP) is 2.48. The molecule has 0 saturated carbocycles. The van der Waals surface area contributed by atoms with Gasteiger partial charge in [0.25, 0.3) is 0 Å². The van der Waals surface area contributed by atoms with Gasteiger partial charge in [0.1, 0.15) is 17.4 Å². The third kappa shape index (κ3) is 4.20. The van der Waals surface area contributed by atoms with E-state index in [9.17, 15) is 17.2 Å². The van der Waals surface area contributed by atoms with Crippen LogP contribution in [0.4, 0.5) is 8.78 Å². The lowest BCUT2D eigenvalue weighted by Crippen LogP contribution is -2.48. The van der Waals surface area contributed by atoms with E-state index in [1.54, 1.807) is 7.11 Å². The van der Waals surface area contributed by atoms with Crippen molar-refractivity contribution in [2.75, 3.05) is 33.3 Å². The van der Waals surface area contributed by atoms with Crippen molar-refractivity contribution in [2.24, 2.45) is 0 Å². The van der Waals surface area contributed by atoms with Crippen molar-refractivity contribution in [2.45, 2.75) is 11.4 Å². The largest absolute Gasteiger partial charge is 0.497 e. The molecule has 0 aromatic heterocycles. The summed E-state index contributed by atoms with van der Waals surface area (Å²) in [5.41, 5.74) is 1.11. The van der Waals surface area contributed by atoms with E-state index in [0.717, 1.165) is 23.4 Å². The zero-order valence-electron chi connectivity index (χ0n) is 14.4. The molecule has 1 saturated heterocycles. The van der Waals surface area contributed by atoms with Crippen molar-refractivity contribution in [3.05, 3.63) is 59.7 Å². The molecule has 0 radical (unpaired) electrons. The Bertz CT molecular complexity index is 844. The van der Waals surface area contributed by atoms with Crippen molar-refractivity contribution in [1.29, 1.82) is 0 Å². The summed E-state index contributed by atoms with van der Waals surface area (Å²) in [6.07, 6.45) is 0. The van der Waals surface area contributed by atoms with Gasteiger partial charge in [0.2, 0.25) is 10.0 Å². The molecular formula is C18H20F2N2O3S. The van der Waals surface area contributed by atoms with Crippen LogP contribution in [0.15, 0.2) is 47.4 Å². The highest BCUT2D eigenvalue weighted by Gasteiger charge is 2.29. The smallest absolute Gasteiger partial charge is 0.243 e. The fraction of sp³-hybridized carbons (Fsp3) is 0.333. The SMILES string of the molecule is COc1ccc(CN2CCN(S(=O)(=O)c3cc(F)cc(F)c3)CC2)cc1. The first-order valence-electron chi connectivity index (χ1n) is 8.20. The summed E-state index contributed by atoms with van der Waals surface area (Å²) in [5, 5.41) is 0. The quantitative estimate of drug-likeness (QED) is 0.797. The Balaban J connectivity index is 1.63. The number of sulfonamides is 1. The number of halogens is 2. The van der Waals surface area contributed by atoms with Crippen molar-refractivity contribution in [1.82, 2.24) is 9.21 Å². The Morgan fingerprint density at radius 2 is 1.54 bits per heavy atom. The van der Waals surface area contributed by atoms with E-state index >= 15 is 0 Å². The molecule has 0 amide bonds. The van der Waals surface area contributed by atoms with Crippen LogP contribution >= 0.6 is 0 Å². The Morgan fingerprint density at radius 1 is 0.962 bits per heavy atom. The molecule has 0 N–H and O–H groups in total. The molecule has 140 valence electrons. The highest BCUT2D eigenvalue weighted by Crippen LogP contribution is 2.21. The second-order valence-electron chi connectivity index (χ2n) is 6.13. The van der Waals surface area contributed by atoms with Crippen LogP contribution in [0.5, 0.6) is 5.75 Å². The Hall–Kier alpha value is -2.03. The van der Waals surface area contributed by atoms with Crippen molar-refractivity contribution in [3.8, 4) is 5.75 Å². The van der Waals surface area contributed by atoms with Crippen LogP contribution in [0.2, 0.25) is 0 Å². The average Bonchev–Trinajstić information content (AvgIpc) is 2.62. The van der Waals surface area contributed by atoms with Crippen molar-refractivity contribution >= 4 is 10.0 Å². The van der Waals surface area contributed by atoms with Crippen LogP contribution in [0.3, 0.4) is 0 Å². The lowest BCUT2D eigenvalue weighted by molar-refractivity contribution is 0.181. The third-order valence-electron chi connectivity index (χ3n) is 4.37. The molecule has 1 aliphatic rings. The monoisotopic (exact) mass is 382 g/mol. The fourth-order valence-electron chi connectivity index (χ4n) is 2.94. The van der Waals surface area contributed by atoms with Gasteiger partial charge in [-0.2, -0.15) is 4.31 Å². The topological polar surface area (TPSA) is 49.9 Å². The minimum atomic E-state index is -3.90. The zero-order valence-corrected chi connectivity index (χ0v) is 15.2. The molecule has 3 rings (SSSR count). The summed E-state index contributed by atoms with van der Waals surface area (Å²) in [6, 6.07) is 10.1. The standard InChI is InChI=1S/C18H20F2N2O3S/c1-25-17-4-2-14(3-5-17)13-21-6-8-22(9-7-21)26(23,24)18-11-15(19)10-16(20)12-18/h2-5,10-12H,6-9,13H2,1H3. The van der Waals surface area contributed by atoms with Crippen LogP contribution in [0, 0.1) is 11.6 Å². The average molecular weight is 382 g/mol. The Morgan fingerprint density at radius 3 is 2.08 bits per heavy atom. The van der Waals surface area contributed by atoms with Gasteiger partial charge in [-0.3, -0.25) is 4.90 Å². The summed E-state index contributed by atoms with van der Waals surface area (Å²) >= 11 is 0. The summed E-state index contributed by atoms with van der Waals surface area (Å²) in [6.45, 7) is 2.34. The summed E-state index contributed by atoms with van der Waals surface area (Å²) in [4.78, 5) is 1.79. The molecule has 0 spiro atoms. The summed E-state index contributed by atoms with van der Waals surface area (Å²) in [5.74, 6) is -1.02. The van der Waals surface area contributed by atoms with E-state index < -0.39 is 21.7 Å². The predicted molar refractivity (Wildman–Crippen MR) is 93.4 cm³/mol. The fourth-order valence-corrected chi connectivity index (χ4v) is 4.41. The van der Waals surface area contributed by atoms with Crippen molar-refractivity contribution in [3.63, 3.8) is 0 Å². The number of piperazine rings is 1. The molecular weight excluding hydrogens is 362 g/mol. The number of hydrogen-bond donors (Lipinski definition) is 0. The lowest BCUT2D eigenvalue weighted by atomic mass is 10.2. The number of ether oxygens (including phenoxy) is 1. The van der Waals surface area contributed by atoms with Gasteiger partial charge in [-0.1, -0.05) is 12.1 Å². The number of methoxy groups -OCH3 is 1. The maximum absolute atomic E-state index is 13.3. The minimum Gasteiger partial charge on any atom is -0.497 e. The van der Waals surface area contributed by atoms with Gasteiger partial charge in [0.15, 0.2) is 0 Å². The second-order valence-corrected chi connectivity index (χ2v) is 8.07. The lowest BCUT2D eigenvalue weighted by Gasteiger charge is -2.34. The zero-order chi connectivity index (χ0) is 18.7. The van der Waals surface area contributed by atoms with Crippen LogP contribution in [-0.4, -0.2) is 50.9 Å². The number of nitrogens with zero attached hydrogens (tertiary/aromatic N) is 2. The first kappa shape index (κ1) is 18.8. The van der Waals surface area contributed by atoms with Crippen molar-refractivity contribution < 1.29 is 21.9 Å². The molecule has 8 heteroatoms.